The Morgan fingerprint density at radius 3 is 3.05 bits per heavy atom. The number of likely N-dealkylation sites (tertiary alicyclic amines) is 1. The molecule has 2 aliphatic heterocycles. The molecule has 0 radical (unpaired) electrons. The maximum absolute atomic E-state index is 12.4. The molecule has 114 valence electrons. The van der Waals surface area contributed by atoms with Crippen molar-refractivity contribution in [1.29, 1.82) is 0 Å². The summed E-state index contributed by atoms with van der Waals surface area (Å²) in [6.07, 6.45) is 3.20. The monoisotopic (exact) mass is 290 g/mol. The van der Waals surface area contributed by atoms with E-state index in [1.54, 1.807) is 6.07 Å². The lowest BCUT2D eigenvalue weighted by atomic mass is 10.2. The molecule has 2 N–H and O–H groups in total. The van der Waals surface area contributed by atoms with Crippen molar-refractivity contribution in [2.75, 3.05) is 26.3 Å². The van der Waals surface area contributed by atoms with Crippen LogP contribution >= 0.6 is 0 Å². The fourth-order valence-corrected chi connectivity index (χ4v) is 2.84. The van der Waals surface area contributed by atoms with E-state index in [1.165, 1.54) is 0 Å². The third-order valence-electron chi connectivity index (χ3n) is 4.05. The molecule has 1 aromatic rings. The van der Waals surface area contributed by atoms with Crippen LogP contribution in [0.3, 0.4) is 0 Å². The maximum atomic E-state index is 12.4. The molecule has 21 heavy (non-hydrogen) atoms. The summed E-state index contributed by atoms with van der Waals surface area (Å²) in [5, 5.41) is 0. The number of ether oxygens (including phenoxy) is 2. The average molecular weight is 290 g/mol. The Morgan fingerprint density at radius 2 is 2.33 bits per heavy atom. The van der Waals surface area contributed by atoms with Gasteiger partial charge in [-0.1, -0.05) is 6.07 Å². The number of hydrogen-bond donors (Lipinski definition) is 1. The van der Waals surface area contributed by atoms with Crippen LogP contribution in [0.15, 0.2) is 24.3 Å². The predicted molar refractivity (Wildman–Crippen MR) is 79.4 cm³/mol. The van der Waals surface area contributed by atoms with E-state index in [0.29, 0.717) is 18.7 Å². The van der Waals surface area contributed by atoms with Gasteiger partial charge in [-0.05, 0) is 37.5 Å². The second-order valence-corrected chi connectivity index (χ2v) is 5.77. The van der Waals surface area contributed by atoms with Crippen LogP contribution in [0.4, 0.5) is 0 Å². The van der Waals surface area contributed by atoms with Crippen molar-refractivity contribution < 1.29 is 14.3 Å². The SMILES string of the molecule is N[C@H]1CCN(C(=O)c2cccc(OC[C@@H]3CCCO3)c2)C1. The lowest BCUT2D eigenvalue weighted by molar-refractivity contribution is 0.0678. The van der Waals surface area contributed by atoms with Gasteiger partial charge in [0.15, 0.2) is 0 Å². The van der Waals surface area contributed by atoms with E-state index in [9.17, 15) is 4.79 Å². The van der Waals surface area contributed by atoms with Gasteiger partial charge in [-0.15, -0.1) is 0 Å². The van der Waals surface area contributed by atoms with Crippen LogP contribution in [0.25, 0.3) is 0 Å². The molecule has 2 fully saturated rings. The van der Waals surface area contributed by atoms with Gasteiger partial charge in [-0.3, -0.25) is 4.79 Å². The van der Waals surface area contributed by atoms with Crippen molar-refractivity contribution in [3.8, 4) is 5.75 Å². The smallest absolute Gasteiger partial charge is 0.254 e. The minimum Gasteiger partial charge on any atom is -0.491 e. The Hall–Kier alpha value is -1.59. The minimum atomic E-state index is 0.0329. The summed E-state index contributed by atoms with van der Waals surface area (Å²) in [5.41, 5.74) is 6.52. The summed E-state index contributed by atoms with van der Waals surface area (Å²) in [4.78, 5) is 14.2. The Kier molecular flexibility index (Phi) is 4.41. The Morgan fingerprint density at radius 1 is 1.43 bits per heavy atom. The number of nitrogens with zero attached hydrogens (tertiary/aromatic N) is 1. The highest BCUT2D eigenvalue weighted by atomic mass is 16.5. The molecule has 0 aromatic heterocycles. The first-order valence-corrected chi connectivity index (χ1v) is 7.62. The van der Waals surface area contributed by atoms with E-state index in [0.717, 1.165) is 38.2 Å². The van der Waals surface area contributed by atoms with Gasteiger partial charge < -0.3 is 20.1 Å². The summed E-state index contributed by atoms with van der Waals surface area (Å²) >= 11 is 0. The van der Waals surface area contributed by atoms with E-state index in [1.807, 2.05) is 23.1 Å². The molecule has 0 bridgehead atoms. The first-order chi connectivity index (χ1) is 10.2. The van der Waals surface area contributed by atoms with Gasteiger partial charge in [0.1, 0.15) is 12.4 Å². The molecule has 0 unspecified atom stereocenters. The summed E-state index contributed by atoms with van der Waals surface area (Å²) < 4.78 is 11.3. The van der Waals surface area contributed by atoms with Crippen molar-refractivity contribution in [2.45, 2.75) is 31.4 Å². The molecule has 0 spiro atoms. The van der Waals surface area contributed by atoms with E-state index < -0.39 is 0 Å². The van der Waals surface area contributed by atoms with Crippen molar-refractivity contribution in [3.05, 3.63) is 29.8 Å². The minimum absolute atomic E-state index is 0.0329. The molecular weight excluding hydrogens is 268 g/mol. The Balaban J connectivity index is 1.60. The lowest BCUT2D eigenvalue weighted by Crippen LogP contribution is -2.31. The predicted octanol–water partition coefficient (Wildman–Crippen LogP) is 1.42. The van der Waals surface area contributed by atoms with Crippen molar-refractivity contribution in [3.63, 3.8) is 0 Å². The van der Waals surface area contributed by atoms with Crippen LogP contribution in [0.5, 0.6) is 5.75 Å². The van der Waals surface area contributed by atoms with Crippen LogP contribution < -0.4 is 10.5 Å². The van der Waals surface area contributed by atoms with Gasteiger partial charge in [-0.2, -0.15) is 0 Å². The molecule has 5 heteroatoms. The van der Waals surface area contributed by atoms with Crippen LogP contribution in [0.1, 0.15) is 29.6 Å². The van der Waals surface area contributed by atoms with Crippen LogP contribution in [-0.2, 0) is 4.74 Å². The molecule has 2 aliphatic rings. The molecule has 3 rings (SSSR count). The number of carbonyl (C=O) groups excluding carboxylic acids is 1. The number of rotatable bonds is 4. The molecule has 5 nitrogen and oxygen atoms in total. The Labute approximate surface area is 125 Å². The van der Waals surface area contributed by atoms with E-state index >= 15 is 0 Å². The third kappa shape index (κ3) is 3.54. The first-order valence-electron chi connectivity index (χ1n) is 7.62. The Bertz CT molecular complexity index is 500. The molecule has 1 aromatic carbocycles. The molecule has 2 saturated heterocycles. The van der Waals surface area contributed by atoms with Gasteiger partial charge in [0, 0.05) is 31.3 Å². The van der Waals surface area contributed by atoms with Gasteiger partial charge >= 0.3 is 0 Å². The summed E-state index contributed by atoms with van der Waals surface area (Å²) in [7, 11) is 0. The van der Waals surface area contributed by atoms with Gasteiger partial charge in [-0.25, -0.2) is 0 Å². The largest absolute Gasteiger partial charge is 0.491 e. The summed E-state index contributed by atoms with van der Waals surface area (Å²) in [6, 6.07) is 7.47. The van der Waals surface area contributed by atoms with Crippen LogP contribution in [-0.4, -0.2) is 49.3 Å². The molecule has 0 saturated carbocycles. The highest BCUT2D eigenvalue weighted by Gasteiger charge is 2.24. The first kappa shape index (κ1) is 14.4. The average Bonchev–Trinajstić information content (AvgIpc) is 3.16. The zero-order chi connectivity index (χ0) is 14.7. The zero-order valence-corrected chi connectivity index (χ0v) is 12.2. The van der Waals surface area contributed by atoms with E-state index in [2.05, 4.69) is 0 Å². The number of amides is 1. The number of carbonyl (C=O) groups is 1. The van der Waals surface area contributed by atoms with Gasteiger partial charge in [0.2, 0.25) is 0 Å². The highest BCUT2D eigenvalue weighted by molar-refractivity contribution is 5.94. The standard InChI is InChI=1S/C16H22N2O3/c17-13-6-7-18(10-13)16(19)12-3-1-4-14(9-12)21-11-15-5-2-8-20-15/h1,3-4,9,13,15H,2,5-8,10-11,17H2/t13-,15-/m0/s1. The number of benzene rings is 1. The topological polar surface area (TPSA) is 64.8 Å². The molecule has 2 atom stereocenters. The molecule has 2 heterocycles. The molecule has 0 aliphatic carbocycles. The van der Waals surface area contributed by atoms with Crippen LogP contribution in [0.2, 0.25) is 0 Å². The fraction of sp³-hybridized carbons (Fsp3) is 0.562. The van der Waals surface area contributed by atoms with Crippen molar-refractivity contribution in [2.24, 2.45) is 5.73 Å². The summed E-state index contributed by atoms with van der Waals surface area (Å²) in [6.45, 7) is 2.74. The molecule has 1 amide bonds. The van der Waals surface area contributed by atoms with Gasteiger partial charge in [0.05, 0.1) is 6.10 Å². The number of hydrogen-bond acceptors (Lipinski definition) is 4. The lowest BCUT2D eigenvalue weighted by Gasteiger charge is -2.17. The highest BCUT2D eigenvalue weighted by Crippen LogP contribution is 2.19. The maximum Gasteiger partial charge on any atom is 0.254 e. The van der Waals surface area contributed by atoms with E-state index in [4.69, 9.17) is 15.2 Å². The second-order valence-electron chi connectivity index (χ2n) is 5.77. The molecular formula is C16H22N2O3. The van der Waals surface area contributed by atoms with Gasteiger partial charge in [0.25, 0.3) is 5.91 Å². The normalized spacial score (nSPS) is 25.3. The summed E-state index contributed by atoms with van der Waals surface area (Å²) in [5.74, 6) is 0.755. The van der Waals surface area contributed by atoms with E-state index in [-0.39, 0.29) is 18.1 Å². The zero-order valence-electron chi connectivity index (χ0n) is 12.2. The van der Waals surface area contributed by atoms with Crippen molar-refractivity contribution >= 4 is 5.91 Å². The second kappa shape index (κ2) is 6.45. The number of nitrogens with two attached hydrogens (primary N) is 1. The van der Waals surface area contributed by atoms with Crippen molar-refractivity contribution in [1.82, 2.24) is 4.90 Å². The third-order valence-corrected chi connectivity index (χ3v) is 4.05. The van der Waals surface area contributed by atoms with Crippen LogP contribution in [0, 0.1) is 0 Å². The quantitative estimate of drug-likeness (QED) is 0.911. The fourth-order valence-electron chi connectivity index (χ4n) is 2.84.